The monoisotopic (exact) mass is 352 g/mol. The van der Waals surface area contributed by atoms with Crippen LogP contribution in [-0.4, -0.2) is 10.5 Å². The first-order valence-electron chi connectivity index (χ1n) is 6.50. The van der Waals surface area contributed by atoms with E-state index in [0.717, 1.165) is 28.6 Å². The zero-order chi connectivity index (χ0) is 14.3. The van der Waals surface area contributed by atoms with Crippen molar-refractivity contribution in [3.63, 3.8) is 0 Å². The van der Waals surface area contributed by atoms with Crippen molar-refractivity contribution in [1.82, 2.24) is 4.57 Å². The summed E-state index contributed by atoms with van der Waals surface area (Å²) in [4.78, 5) is 12.4. The molecule has 1 aromatic carbocycles. The number of rotatable bonds is 3. The van der Waals surface area contributed by atoms with E-state index in [1.165, 1.54) is 0 Å². The third kappa shape index (κ3) is 2.63. The number of benzene rings is 1. The fourth-order valence-corrected chi connectivity index (χ4v) is 2.82. The third-order valence-corrected chi connectivity index (χ3v) is 4.35. The first-order chi connectivity index (χ1) is 9.56. The minimum absolute atomic E-state index is 0.104. The summed E-state index contributed by atoms with van der Waals surface area (Å²) in [6.07, 6.45) is 4.24. The van der Waals surface area contributed by atoms with Gasteiger partial charge in [-0.15, -0.1) is 0 Å². The fraction of sp³-hybridized carbons (Fsp3) is 0.267. The van der Waals surface area contributed by atoms with Crippen LogP contribution in [0.2, 0.25) is 5.02 Å². The molecule has 1 aliphatic rings. The van der Waals surface area contributed by atoms with Crippen LogP contribution in [0.4, 0.5) is 5.69 Å². The Hall–Kier alpha value is -1.26. The van der Waals surface area contributed by atoms with E-state index >= 15 is 0 Å². The minimum atomic E-state index is -0.104. The summed E-state index contributed by atoms with van der Waals surface area (Å²) in [5, 5.41) is 3.59. The maximum absolute atomic E-state index is 12.4. The van der Waals surface area contributed by atoms with Crippen LogP contribution in [0.5, 0.6) is 0 Å². The van der Waals surface area contributed by atoms with Crippen LogP contribution in [0.3, 0.4) is 0 Å². The number of nitrogens with zero attached hydrogens (tertiary/aromatic N) is 1. The van der Waals surface area contributed by atoms with Gasteiger partial charge < -0.3 is 9.88 Å². The molecule has 0 aliphatic heterocycles. The van der Waals surface area contributed by atoms with Gasteiger partial charge in [0.15, 0.2) is 0 Å². The average Bonchev–Trinajstić information content (AvgIpc) is 3.18. The van der Waals surface area contributed by atoms with Crippen molar-refractivity contribution < 1.29 is 4.79 Å². The molecule has 0 radical (unpaired) electrons. The van der Waals surface area contributed by atoms with Gasteiger partial charge in [-0.25, -0.2) is 0 Å². The molecule has 2 aromatic rings. The summed E-state index contributed by atoms with van der Waals surface area (Å²) in [6.45, 7) is 1.90. The quantitative estimate of drug-likeness (QED) is 0.845. The number of hydrogen-bond donors (Lipinski definition) is 1. The summed E-state index contributed by atoms with van der Waals surface area (Å²) in [7, 11) is 0. The molecule has 0 atom stereocenters. The van der Waals surface area contributed by atoms with Gasteiger partial charge in [0.05, 0.1) is 0 Å². The van der Waals surface area contributed by atoms with Crippen molar-refractivity contribution in [2.45, 2.75) is 25.8 Å². The van der Waals surface area contributed by atoms with Crippen molar-refractivity contribution in [1.29, 1.82) is 0 Å². The van der Waals surface area contributed by atoms with Crippen LogP contribution >= 0.6 is 27.5 Å². The topological polar surface area (TPSA) is 34.0 Å². The lowest BCUT2D eigenvalue weighted by Crippen LogP contribution is -2.17. The van der Waals surface area contributed by atoms with Crippen LogP contribution in [0.15, 0.2) is 34.9 Å². The number of hydrogen-bond acceptors (Lipinski definition) is 1. The Morgan fingerprint density at radius 3 is 2.90 bits per heavy atom. The molecule has 0 saturated heterocycles. The van der Waals surface area contributed by atoms with Crippen LogP contribution in [0.25, 0.3) is 0 Å². The molecule has 5 heteroatoms. The zero-order valence-electron chi connectivity index (χ0n) is 11.0. The molecule has 104 valence electrons. The Labute approximate surface area is 131 Å². The van der Waals surface area contributed by atoms with Gasteiger partial charge in [0.2, 0.25) is 0 Å². The minimum Gasteiger partial charge on any atom is -0.339 e. The van der Waals surface area contributed by atoms with Crippen molar-refractivity contribution in [2.75, 3.05) is 5.32 Å². The zero-order valence-corrected chi connectivity index (χ0v) is 13.3. The maximum Gasteiger partial charge on any atom is 0.272 e. The molecule has 0 bridgehead atoms. The lowest BCUT2D eigenvalue weighted by Gasteiger charge is -2.11. The Morgan fingerprint density at radius 1 is 1.45 bits per heavy atom. The summed E-state index contributed by atoms with van der Waals surface area (Å²) < 4.78 is 2.97. The van der Waals surface area contributed by atoms with Gasteiger partial charge in [-0.1, -0.05) is 17.7 Å². The van der Waals surface area contributed by atoms with E-state index in [9.17, 15) is 4.79 Å². The first kappa shape index (κ1) is 13.7. The number of nitrogens with one attached hydrogen (secondary N) is 1. The SMILES string of the molecule is Cc1c(Cl)cccc1NC(=O)c1cc(Br)cn1C1CC1. The Bertz CT molecular complexity index is 677. The van der Waals surface area contributed by atoms with E-state index in [1.54, 1.807) is 0 Å². The van der Waals surface area contributed by atoms with E-state index in [2.05, 4.69) is 21.2 Å². The molecule has 1 aromatic heterocycles. The van der Waals surface area contributed by atoms with Crippen LogP contribution in [0.1, 0.15) is 34.9 Å². The van der Waals surface area contributed by atoms with E-state index < -0.39 is 0 Å². The normalized spacial score (nSPS) is 14.3. The number of amides is 1. The molecular weight excluding hydrogens is 340 g/mol. The molecule has 0 spiro atoms. The molecule has 1 N–H and O–H groups in total. The summed E-state index contributed by atoms with van der Waals surface area (Å²) in [5.41, 5.74) is 2.31. The van der Waals surface area contributed by atoms with Gasteiger partial charge >= 0.3 is 0 Å². The highest BCUT2D eigenvalue weighted by atomic mass is 79.9. The molecule has 1 heterocycles. The van der Waals surface area contributed by atoms with Crippen molar-refractivity contribution >= 4 is 39.1 Å². The van der Waals surface area contributed by atoms with Crippen LogP contribution in [0, 0.1) is 6.92 Å². The Balaban J connectivity index is 1.88. The second kappa shape index (κ2) is 5.26. The molecule has 1 saturated carbocycles. The Morgan fingerprint density at radius 2 is 2.20 bits per heavy atom. The van der Waals surface area contributed by atoms with E-state index in [1.807, 2.05) is 42.0 Å². The predicted molar refractivity (Wildman–Crippen MR) is 84.5 cm³/mol. The van der Waals surface area contributed by atoms with Gasteiger partial charge in [0.1, 0.15) is 5.69 Å². The molecule has 3 rings (SSSR count). The number of carbonyl (C=O) groups excluding carboxylic acids is 1. The number of halogens is 2. The van der Waals surface area contributed by atoms with Gasteiger partial charge in [0.25, 0.3) is 5.91 Å². The highest BCUT2D eigenvalue weighted by Crippen LogP contribution is 2.37. The number of anilines is 1. The van der Waals surface area contributed by atoms with Crippen LogP contribution in [-0.2, 0) is 0 Å². The van der Waals surface area contributed by atoms with E-state index in [0.29, 0.717) is 16.8 Å². The lowest BCUT2D eigenvalue weighted by atomic mass is 10.2. The smallest absolute Gasteiger partial charge is 0.272 e. The average molecular weight is 354 g/mol. The lowest BCUT2D eigenvalue weighted by molar-refractivity contribution is 0.101. The van der Waals surface area contributed by atoms with E-state index in [-0.39, 0.29) is 5.91 Å². The molecule has 20 heavy (non-hydrogen) atoms. The van der Waals surface area contributed by atoms with Crippen molar-refractivity contribution in [3.8, 4) is 0 Å². The summed E-state index contributed by atoms with van der Waals surface area (Å²) in [6, 6.07) is 7.82. The molecule has 1 aliphatic carbocycles. The largest absolute Gasteiger partial charge is 0.339 e. The van der Waals surface area contributed by atoms with Gasteiger partial charge in [-0.2, -0.15) is 0 Å². The molecular formula is C15H14BrClN2O. The summed E-state index contributed by atoms with van der Waals surface area (Å²) in [5.74, 6) is -0.104. The van der Waals surface area contributed by atoms with E-state index in [4.69, 9.17) is 11.6 Å². The van der Waals surface area contributed by atoms with Crippen LogP contribution < -0.4 is 5.32 Å². The second-order valence-electron chi connectivity index (χ2n) is 5.05. The standard InChI is InChI=1S/C15H14BrClN2O/c1-9-12(17)3-2-4-13(9)18-15(20)14-7-10(16)8-19(14)11-5-6-11/h2-4,7-8,11H,5-6H2,1H3,(H,18,20). The third-order valence-electron chi connectivity index (χ3n) is 3.50. The van der Waals surface area contributed by atoms with Gasteiger partial charge in [-0.3, -0.25) is 4.79 Å². The molecule has 3 nitrogen and oxygen atoms in total. The molecule has 1 amide bonds. The highest BCUT2D eigenvalue weighted by molar-refractivity contribution is 9.10. The molecule has 1 fully saturated rings. The second-order valence-corrected chi connectivity index (χ2v) is 6.37. The predicted octanol–water partition coefficient (Wildman–Crippen LogP) is 4.80. The Kier molecular flexibility index (Phi) is 3.61. The highest BCUT2D eigenvalue weighted by Gasteiger charge is 2.27. The fourth-order valence-electron chi connectivity index (χ4n) is 2.21. The molecule has 0 unspecified atom stereocenters. The van der Waals surface area contributed by atoms with Crippen molar-refractivity contribution in [2.24, 2.45) is 0 Å². The summed E-state index contributed by atoms with van der Waals surface area (Å²) >= 11 is 9.51. The van der Waals surface area contributed by atoms with Crippen molar-refractivity contribution in [3.05, 3.63) is 51.2 Å². The van der Waals surface area contributed by atoms with Gasteiger partial charge in [-0.05, 0) is 59.5 Å². The number of carbonyl (C=O) groups is 1. The number of aromatic nitrogens is 1. The maximum atomic E-state index is 12.4. The first-order valence-corrected chi connectivity index (χ1v) is 7.67. The van der Waals surface area contributed by atoms with Gasteiger partial charge in [0, 0.05) is 27.4 Å².